The van der Waals surface area contributed by atoms with Crippen molar-refractivity contribution in [3.8, 4) is 5.75 Å². The van der Waals surface area contributed by atoms with Crippen LogP contribution in [0, 0.1) is 6.92 Å². The lowest BCUT2D eigenvalue weighted by atomic mass is 10.1. The Balaban J connectivity index is 1.86. The molecule has 25 heavy (non-hydrogen) atoms. The standard InChI is InChI=1S/C19H23N3O3/c1-14-9-10-17(25-3)15(11-14)12-22(2)13-18(23)21-19(24)20-16-7-5-4-6-8-16/h4-11H,12-13H2,1-3H3,(H2,20,21,23,24). The fourth-order valence-electron chi connectivity index (χ4n) is 2.47. The summed E-state index contributed by atoms with van der Waals surface area (Å²) in [6.45, 7) is 2.64. The highest BCUT2D eigenvalue weighted by Gasteiger charge is 2.13. The number of hydrogen-bond donors (Lipinski definition) is 2. The third-order valence-electron chi connectivity index (χ3n) is 3.57. The van der Waals surface area contributed by atoms with Gasteiger partial charge in [-0.2, -0.15) is 0 Å². The van der Waals surface area contributed by atoms with Crippen LogP contribution in [0.4, 0.5) is 10.5 Å². The number of carbonyl (C=O) groups excluding carboxylic acids is 2. The smallest absolute Gasteiger partial charge is 0.325 e. The third-order valence-corrected chi connectivity index (χ3v) is 3.57. The zero-order valence-electron chi connectivity index (χ0n) is 14.7. The van der Waals surface area contributed by atoms with Gasteiger partial charge in [0.25, 0.3) is 0 Å². The predicted molar refractivity (Wildman–Crippen MR) is 97.7 cm³/mol. The average molecular weight is 341 g/mol. The van der Waals surface area contributed by atoms with Gasteiger partial charge in [-0.3, -0.25) is 15.0 Å². The van der Waals surface area contributed by atoms with Gasteiger partial charge in [0, 0.05) is 17.8 Å². The maximum atomic E-state index is 12.0. The highest BCUT2D eigenvalue weighted by molar-refractivity contribution is 6.01. The van der Waals surface area contributed by atoms with Gasteiger partial charge in [-0.1, -0.05) is 35.9 Å². The molecule has 6 heteroatoms. The van der Waals surface area contributed by atoms with Crippen LogP contribution in [0.5, 0.6) is 5.75 Å². The molecule has 0 bridgehead atoms. The maximum Gasteiger partial charge on any atom is 0.325 e. The highest BCUT2D eigenvalue weighted by Crippen LogP contribution is 2.20. The number of anilines is 1. The van der Waals surface area contributed by atoms with Gasteiger partial charge in [-0.25, -0.2) is 4.79 Å². The van der Waals surface area contributed by atoms with Crippen LogP contribution < -0.4 is 15.4 Å². The van der Waals surface area contributed by atoms with Crippen LogP contribution in [-0.2, 0) is 11.3 Å². The number of nitrogens with one attached hydrogen (secondary N) is 2. The number of methoxy groups -OCH3 is 1. The summed E-state index contributed by atoms with van der Waals surface area (Å²) in [5, 5.41) is 4.94. The topological polar surface area (TPSA) is 70.7 Å². The largest absolute Gasteiger partial charge is 0.496 e. The van der Waals surface area contributed by atoms with Gasteiger partial charge < -0.3 is 10.1 Å². The number of nitrogens with zero attached hydrogens (tertiary/aromatic N) is 1. The van der Waals surface area contributed by atoms with E-state index in [1.807, 2.05) is 43.1 Å². The lowest BCUT2D eigenvalue weighted by Crippen LogP contribution is -2.40. The number of urea groups is 1. The van der Waals surface area contributed by atoms with Crippen LogP contribution in [0.2, 0.25) is 0 Å². The van der Waals surface area contributed by atoms with E-state index in [0.717, 1.165) is 16.9 Å². The molecule has 0 aliphatic carbocycles. The molecule has 0 atom stereocenters. The van der Waals surface area contributed by atoms with Gasteiger partial charge in [0.1, 0.15) is 5.75 Å². The van der Waals surface area contributed by atoms with Crippen molar-refractivity contribution in [1.82, 2.24) is 10.2 Å². The molecule has 0 unspecified atom stereocenters. The minimum absolute atomic E-state index is 0.0965. The number of rotatable bonds is 6. The number of para-hydroxylation sites is 1. The lowest BCUT2D eigenvalue weighted by Gasteiger charge is -2.18. The molecule has 0 aliphatic rings. The molecule has 3 amide bonds. The minimum Gasteiger partial charge on any atom is -0.496 e. The molecule has 6 nitrogen and oxygen atoms in total. The Kier molecular flexibility index (Phi) is 6.54. The Morgan fingerprint density at radius 2 is 1.84 bits per heavy atom. The fraction of sp³-hybridized carbons (Fsp3) is 0.263. The molecule has 0 aliphatic heterocycles. The predicted octanol–water partition coefficient (Wildman–Crippen LogP) is 2.78. The first-order chi connectivity index (χ1) is 12.0. The Labute approximate surface area is 147 Å². The molecule has 0 aromatic heterocycles. The van der Waals surface area contributed by atoms with Crippen LogP contribution in [-0.4, -0.2) is 37.5 Å². The van der Waals surface area contributed by atoms with Gasteiger partial charge in [0.05, 0.1) is 13.7 Å². The number of aryl methyl sites for hydroxylation is 1. The second-order valence-electron chi connectivity index (χ2n) is 5.86. The van der Waals surface area contributed by atoms with Gasteiger partial charge in [0.2, 0.25) is 5.91 Å². The molecule has 0 spiro atoms. The molecule has 0 heterocycles. The Morgan fingerprint density at radius 3 is 2.52 bits per heavy atom. The molecular weight excluding hydrogens is 318 g/mol. The monoisotopic (exact) mass is 341 g/mol. The van der Waals surface area contributed by atoms with Gasteiger partial charge >= 0.3 is 6.03 Å². The second kappa shape index (κ2) is 8.84. The summed E-state index contributed by atoms with van der Waals surface area (Å²) >= 11 is 0. The Bertz CT molecular complexity index is 732. The summed E-state index contributed by atoms with van der Waals surface area (Å²) in [4.78, 5) is 25.7. The van der Waals surface area contributed by atoms with E-state index in [1.165, 1.54) is 0 Å². The molecule has 2 N–H and O–H groups in total. The van der Waals surface area contributed by atoms with Crippen LogP contribution in [0.3, 0.4) is 0 Å². The van der Waals surface area contributed by atoms with Crippen LogP contribution in [0.25, 0.3) is 0 Å². The van der Waals surface area contributed by atoms with Crippen molar-refractivity contribution in [3.05, 3.63) is 59.7 Å². The normalized spacial score (nSPS) is 10.4. The third kappa shape index (κ3) is 5.93. The van der Waals surface area contributed by atoms with E-state index in [4.69, 9.17) is 4.74 Å². The number of ether oxygens (including phenoxy) is 1. The lowest BCUT2D eigenvalue weighted by molar-refractivity contribution is -0.120. The molecule has 132 valence electrons. The molecule has 0 fully saturated rings. The number of carbonyl (C=O) groups is 2. The first kappa shape index (κ1) is 18.5. The first-order valence-corrected chi connectivity index (χ1v) is 7.96. The number of benzene rings is 2. The molecule has 0 saturated carbocycles. The van der Waals surface area contributed by atoms with Gasteiger partial charge in [-0.05, 0) is 32.2 Å². The van der Waals surface area contributed by atoms with E-state index in [-0.39, 0.29) is 12.5 Å². The van der Waals surface area contributed by atoms with E-state index < -0.39 is 6.03 Å². The van der Waals surface area contributed by atoms with E-state index in [0.29, 0.717) is 12.2 Å². The first-order valence-electron chi connectivity index (χ1n) is 7.96. The van der Waals surface area contributed by atoms with Crippen molar-refractivity contribution < 1.29 is 14.3 Å². The number of hydrogen-bond acceptors (Lipinski definition) is 4. The van der Waals surface area contributed by atoms with Crippen molar-refractivity contribution in [3.63, 3.8) is 0 Å². The van der Waals surface area contributed by atoms with E-state index in [1.54, 1.807) is 31.4 Å². The SMILES string of the molecule is COc1ccc(C)cc1CN(C)CC(=O)NC(=O)Nc1ccccc1. The number of likely N-dealkylation sites (N-methyl/N-ethyl adjacent to an activating group) is 1. The van der Waals surface area contributed by atoms with Crippen LogP contribution in [0.15, 0.2) is 48.5 Å². The van der Waals surface area contributed by atoms with Crippen molar-refractivity contribution in [2.45, 2.75) is 13.5 Å². The molecular formula is C19H23N3O3. The van der Waals surface area contributed by atoms with E-state index in [2.05, 4.69) is 10.6 Å². The molecule has 2 aromatic carbocycles. The Morgan fingerprint density at radius 1 is 1.12 bits per heavy atom. The van der Waals surface area contributed by atoms with E-state index >= 15 is 0 Å². The van der Waals surface area contributed by atoms with Crippen molar-refractivity contribution in [1.29, 1.82) is 0 Å². The second-order valence-corrected chi connectivity index (χ2v) is 5.86. The minimum atomic E-state index is -0.544. The summed E-state index contributed by atoms with van der Waals surface area (Å²) in [7, 11) is 3.44. The van der Waals surface area contributed by atoms with Crippen molar-refractivity contribution in [2.24, 2.45) is 0 Å². The maximum absolute atomic E-state index is 12.0. The van der Waals surface area contributed by atoms with Gasteiger partial charge in [-0.15, -0.1) is 0 Å². The summed E-state index contributed by atoms with van der Waals surface area (Å²) in [6.07, 6.45) is 0. The molecule has 2 aromatic rings. The fourth-order valence-corrected chi connectivity index (χ4v) is 2.47. The van der Waals surface area contributed by atoms with Gasteiger partial charge in [0.15, 0.2) is 0 Å². The van der Waals surface area contributed by atoms with Crippen molar-refractivity contribution in [2.75, 3.05) is 26.0 Å². The zero-order valence-corrected chi connectivity index (χ0v) is 14.7. The molecule has 0 radical (unpaired) electrons. The summed E-state index contributed by atoms with van der Waals surface area (Å²) in [5.41, 5.74) is 2.74. The highest BCUT2D eigenvalue weighted by atomic mass is 16.5. The summed E-state index contributed by atoms with van der Waals surface area (Å²) in [5.74, 6) is 0.405. The Hall–Kier alpha value is -2.86. The zero-order chi connectivity index (χ0) is 18.2. The molecule has 0 saturated heterocycles. The number of amides is 3. The summed E-state index contributed by atoms with van der Waals surface area (Å²) in [6, 6.07) is 14.3. The molecule has 2 rings (SSSR count). The number of imide groups is 1. The van der Waals surface area contributed by atoms with E-state index in [9.17, 15) is 9.59 Å². The van der Waals surface area contributed by atoms with Crippen LogP contribution in [0.1, 0.15) is 11.1 Å². The average Bonchev–Trinajstić information content (AvgIpc) is 2.55. The van der Waals surface area contributed by atoms with Crippen LogP contribution >= 0.6 is 0 Å². The van der Waals surface area contributed by atoms with Crippen molar-refractivity contribution >= 4 is 17.6 Å². The quantitative estimate of drug-likeness (QED) is 0.848. The summed E-state index contributed by atoms with van der Waals surface area (Å²) < 4.78 is 5.35.